The van der Waals surface area contributed by atoms with E-state index in [-0.39, 0.29) is 35.6 Å². The van der Waals surface area contributed by atoms with E-state index in [1.807, 2.05) is 0 Å². The van der Waals surface area contributed by atoms with E-state index >= 15 is 0 Å². The maximum absolute atomic E-state index is 13.4. The molecular weight excluding hydrogens is 438 g/mol. The Kier molecular flexibility index (Phi) is 5.33. The van der Waals surface area contributed by atoms with Gasteiger partial charge in [-0.15, -0.1) is 0 Å². The topological polar surface area (TPSA) is 67.2 Å². The van der Waals surface area contributed by atoms with Crippen molar-refractivity contribution in [1.82, 2.24) is 9.55 Å². The Labute approximate surface area is 181 Å². The van der Waals surface area contributed by atoms with Gasteiger partial charge < -0.3 is 15.0 Å². The molecule has 5 nitrogen and oxygen atoms in total. The van der Waals surface area contributed by atoms with Gasteiger partial charge in [-0.25, -0.2) is 9.37 Å². The van der Waals surface area contributed by atoms with Crippen LogP contribution in [-0.4, -0.2) is 32.3 Å². The Bertz CT molecular complexity index is 1020. The second-order valence-corrected chi connectivity index (χ2v) is 9.07. The van der Waals surface area contributed by atoms with Gasteiger partial charge in [-0.1, -0.05) is 11.6 Å². The number of fused-ring (bicyclic) bond motifs is 1. The summed E-state index contributed by atoms with van der Waals surface area (Å²) in [4.78, 5) is 17.5. The fourth-order valence-corrected chi connectivity index (χ4v) is 5.25. The lowest BCUT2D eigenvalue weighted by Crippen LogP contribution is -2.43. The molecule has 2 aliphatic carbocycles. The molecule has 0 saturated heterocycles. The number of halogens is 5. The summed E-state index contributed by atoms with van der Waals surface area (Å²) in [6, 6.07) is 3.84. The standard InChI is InChI=1S/C21H22ClF4N3O2/c1-10-27-17(11-5-12-8-20(31,21(24,25)26)9-13(12)6-11)18(29(10)2)19(30)28-14-3-4-16(23)15(22)7-14/h3-4,7,11-13,31H,5-6,8-9H2,1-2H3,(H,28,30). The third-order valence-corrected chi connectivity index (χ3v) is 6.98. The molecule has 2 N–H and O–H groups in total. The zero-order chi connectivity index (χ0) is 22.7. The largest absolute Gasteiger partial charge is 0.417 e. The molecule has 168 valence electrons. The first kappa shape index (κ1) is 22.1. The van der Waals surface area contributed by atoms with Gasteiger partial charge in [-0.05, 0) is 62.6 Å². The van der Waals surface area contributed by atoms with Gasteiger partial charge in [0.2, 0.25) is 0 Å². The van der Waals surface area contributed by atoms with Gasteiger partial charge in [0.1, 0.15) is 17.3 Å². The molecule has 31 heavy (non-hydrogen) atoms. The van der Waals surface area contributed by atoms with Crippen LogP contribution in [0.25, 0.3) is 0 Å². The molecule has 2 unspecified atom stereocenters. The van der Waals surface area contributed by atoms with Crippen LogP contribution in [0, 0.1) is 24.6 Å². The van der Waals surface area contributed by atoms with Crippen molar-refractivity contribution < 1.29 is 27.5 Å². The smallest absolute Gasteiger partial charge is 0.380 e. The van der Waals surface area contributed by atoms with Gasteiger partial charge in [0.25, 0.3) is 5.91 Å². The first-order valence-electron chi connectivity index (χ1n) is 9.98. The van der Waals surface area contributed by atoms with Gasteiger partial charge >= 0.3 is 6.18 Å². The number of aromatic nitrogens is 2. The van der Waals surface area contributed by atoms with E-state index in [0.29, 0.717) is 35.7 Å². The van der Waals surface area contributed by atoms with Crippen molar-refractivity contribution in [2.75, 3.05) is 5.32 Å². The molecule has 10 heteroatoms. The molecule has 1 amide bonds. The predicted octanol–water partition coefficient (Wildman–Crippen LogP) is 4.97. The molecule has 0 radical (unpaired) electrons. The predicted molar refractivity (Wildman–Crippen MR) is 107 cm³/mol. The first-order chi connectivity index (χ1) is 14.4. The number of nitrogens with one attached hydrogen (secondary N) is 1. The molecule has 0 spiro atoms. The van der Waals surface area contributed by atoms with Crippen molar-refractivity contribution in [1.29, 1.82) is 0 Å². The molecular formula is C21H22ClF4N3O2. The van der Waals surface area contributed by atoms with Crippen LogP contribution in [0.4, 0.5) is 23.2 Å². The monoisotopic (exact) mass is 459 g/mol. The second-order valence-electron chi connectivity index (χ2n) is 8.66. The molecule has 0 aliphatic heterocycles. The minimum absolute atomic E-state index is 0.125. The Morgan fingerprint density at radius 1 is 1.29 bits per heavy atom. The fraction of sp³-hybridized carbons (Fsp3) is 0.524. The van der Waals surface area contributed by atoms with Crippen LogP contribution >= 0.6 is 11.6 Å². The summed E-state index contributed by atoms with van der Waals surface area (Å²) in [6.45, 7) is 1.74. The molecule has 1 heterocycles. The quantitative estimate of drug-likeness (QED) is 0.637. The van der Waals surface area contributed by atoms with Crippen molar-refractivity contribution in [3.8, 4) is 0 Å². The van der Waals surface area contributed by atoms with E-state index in [1.54, 1.807) is 18.5 Å². The number of benzene rings is 1. The van der Waals surface area contributed by atoms with Crippen LogP contribution < -0.4 is 5.32 Å². The number of carbonyl (C=O) groups excluding carboxylic acids is 1. The summed E-state index contributed by atoms with van der Waals surface area (Å²) in [6.07, 6.45) is -4.42. The summed E-state index contributed by atoms with van der Waals surface area (Å²) in [5.74, 6) is -1.18. The van der Waals surface area contributed by atoms with E-state index in [1.165, 1.54) is 12.1 Å². The van der Waals surface area contributed by atoms with Gasteiger partial charge in [0, 0.05) is 18.7 Å². The van der Waals surface area contributed by atoms with Crippen LogP contribution in [0.1, 0.15) is 53.6 Å². The van der Waals surface area contributed by atoms with Crippen LogP contribution in [0.15, 0.2) is 18.2 Å². The lowest BCUT2D eigenvalue weighted by molar-refractivity contribution is -0.259. The third kappa shape index (κ3) is 3.82. The molecule has 2 fully saturated rings. The lowest BCUT2D eigenvalue weighted by atomic mass is 9.92. The van der Waals surface area contributed by atoms with Crippen molar-refractivity contribution >= 4 is 23.2 Å². The van der Waals surface area contributed by atoms with Crippen molar-refractivity contribution in [3.63, 3.8) is 0 Å². The Balaban J connectivity index is 1.56. The Morgan fingerprint density at radius 3 is 2.45 bits per heavy atom. The molecule has 0 bridgehead atoms. The number of carbonyl (C=O) groups is 1. The zero-order valence-electron chi connectivity index (χ0n) is 16.9. The molecule has 1 aromatic heterocycles. The molecule has 2 aromatic rings. The van der Waals surface area contributed by atoms with Gasteiger partial charge in [-0.3, -0.25) is 4.79 Å². The number of aliphatic hydroxyl groups is 1. The number of alkyl halides is 3. The minimum Gasteiger partial charge on any atom is -0.380 e. The number of aryl methyl sites for hydroxylation is 1. The summed E-state index contributed by atoms with van der Waals surface area (Å²) < 4.78 is 54.6. The first-order valence-corrected chi connectivity index (χ1v) is 10.4. The van der Waals surface area contributed by atoms with Crippen molar-refractivity contribution in [2.24, 2.45) is 18.9 Å². The molecule has 4 rings (SSSR count). The van der Waals surface area contributed by atoms with Crippen LogP contribution in [0.5, 0.6) is 0 Å². The number of amides is 1. The highest BCUT2D eigenvalue weighted by Gasteiger charge is 2.62. The van der Waals surface area contributed by atoms with Gasteiger partial charge in [0.15, 0.2) is 5.60 Å². The minimum atomic E-state index is -4.64. The number of hydrogen-bond acceptors (Lipinski definition) is 3. The second kappa shape index (κ2) is 7.48. The summed E-state index contributed by atoms with van der Waals surface area (Å²) in [5, 5.41) is 12.6. The summed E-state index contributed by atoms with van der Waals surface area (Å²) >= 11 is 5.78. The SMILES string of the molecule is Cc1nc(C2CC3CC(O)(C(F)(F)F)CC3C2)c(C(=O)Nc2ccc(F)c(Cl)c2)n1C. The Hall–Kier alpha value is -2.13. The highest BCUT2D eigenvalue weighted by atomic mass is 35.5. The lowest BCUT2D eigenvalue weighted by Gasteiger charge is -2.27. The zero-order valence-corrected chi connectivity index (χ0v) is 17.7. The van der Waals surface area contributed by atoms with Crippen molar-refractivity contribution in [2.45, 2.75) is 50.3 Å². The van der Waals surface area contributed by atoms with E-state index in [0.717, 1.165) is 6.07 Å². The van der Waals surface area contributed by atoms with E-state index in [9.17, 15) is 27.5 Å². The maximum Gasteiger partial charge on any atom is 0.417 e. The highest BCUT2D eigenvalue weighted by molar-refractivity contribution is 6.31. The summed E-state index contributed by atoms with van der Waals surface area (Å²) in [5.41, 5.74) is -1.46. The van der Waals surface area contributed by atoms with E-state index < -0.39 is 23.5 Å². The van der Waals surface area contributed by atoms with Crippen molar-refractivity contribution in [3.05, 3.63) is 46.3 Å². The van der Waals surface area contributed by atoms with E-state index in [2.05, 4.69) is 10.3 Å². The number of imidazole rings is 1. The van der Waals surface area contributed by atoms with Crippen LogP contribution in [-0.2, 0) is 7.05 Å². The van der Waals surface area contributed by atoms with Crippen LogP contribution in [0.3, 0.4) is 0 Å². The van der Waals surface area contributed by atoms with Gasteiger partial charge in [-0.2, -0.15) is 13.2 Å². The fourth-order valence-electron chi connectivity index (χ4n) is 5.07. The van der Waals surface area contributed by atoms with E-state index in [4.69, 9.17) is 11.6 Å². The van der Waals surface area contributed by atoms with Gasteiger partial charge in [0.05, 0.1) is 10.7 Å². The molecule has 2 atom stereocenters. The summed E-state index contributed by atoms with van der Waals surface area (Å²) in [7, 11) is 1.69. The number of anilines is 1. The highest BCUT2D eigenvalue weighted by Crippen LogP contribution is 2.57. The number of nitrogens with zero attached hydrogens (tertiary/aromatic N) is 2. The molecule has 2 saturated carbocycles. The van der Waals surface area contributed by atoms with Crippen LogP contribution in [0.2, 0.25) is 5.02 Å². The average Bonchev–Trinajstić information content (AvgIpc) is 3.28. The molecule has 2 aliphatic rings. The number of rotatable bonds is 3. The molecule has 1 aromatic carbocycles. The Morgan fingerprint density at radius 2 is 1.90 bits per heavy atom. The maximum atomic E-state index is 13.4. The normalized spacial score (nSPS) is 28.1. The third-order valence-electron chi connectivity index (χ3n) is 6.69. The average molecular weight is 460 g/mol. The number of hydrogen-bond donors (Lipinski definition) is 2.